The maximum atomic E-state index is 14.1. The minimum absolute atomic E-state index is 0.221. The number of fused-ring (bicyclic) bond motifs is 1. The van der Waals surface area contributed by atoms with Crippen LogP contribution in [0.2, 0.25) is 5.02 Å². The van der Waals surface area contributed by atoms with Crippen molar-refractivity contribution in [1.29, 1.82) is 0 Å². The normalized spacial score (nSPS) is 11.3. The molecular weight excluding hydrogens is 447 g/mol. The molecule has 5 nitrogen and oxygen atoms in total. The molecule has 0 radical (unpaired) electrons. The van der Waals surface area contributed by atoms with Gasteiger partial charge in [-0.25, -0.2) is 14.4 Å². The van der Waals surface area contributed by atoms with Crippen molar-refractivity contribution < 1.29 is 8.81 Å². The summed E-state index contributed by atoms with van der Waals surface area (Å²) < 4.78 is 22.1. The van der Waals surface area contributed by atoms with E-state index >= 15 is 0 Å². The van der Waals surface area contributed by atoms with E-state index in [0.29, 0.717) is 34.5 Å². The molecule has 0 aliphatic carbocycles. The van der Waals surface area contributed by atoms with Gasteiger partial charge in [-0.2, -0.15) is 0 Å². The van der Waals surface area contributed by atoms with Gasteiger partial charge in [0.05, 0.1) is 34.4 Å². The van der Waals surface area contributed by atoms with Crippen molar-refractivity contribution in [1.82, 2.24) is 19.5 Å². The molecular formula is C24H18ClFN4OS. The lowest BCUT2D eigenvalue weighted by Gasteiger charge is -2.08. The summed E-state index contributed by atoms with van der Waals surface area (Å²) in [6.07, 6.45) is 3.49. The van der Waals surface area contributed by atoms with Crippen LogP contribution in [-0.4, -0.2) is 19.5 Å². The molecule has 0 amide bonds. The Morgan fingerprint density at radius 3 is 2.72 bits per heavy atom. The van der Waals surface area contributed by atoms with Crippen molar-refractivity contribution in [2.24, 2.45) is 0 Å². The summed E-state index contributed by atoms with van der Waals surface area (Å²) in [5.41, 5.74) is 3.85. The maximum absolute atomic E-state index is 14.1. The number of imidazole rings is 1. The molecule has 32 heavy (non-hydrogen) atoms. The minimum Gasteiger partial charge on any atom is -0.441 e. The fourth-order valence-corrected chi connectivity index (χ4v) is 4.66. The van der Waals surface area contributed by atoms with Gasteiger partial charge in [0.1, 0.15) is 17.3 Å². The zero-order chi connectivity index (χ0) is 22.1. The first-order chi connectivity index (χ1) is 15.6. The van der Waals surface area contributed by atoms with E-state index in [1.54, 1.807) is 24.5 Å². The molecule has 5 rings (SSSR count). The number of benzene rings is 2. The molecule has 0 atom stereocenters. The fourth-order valence-electron chi connectivity index (χ4n) is 3.44. The van der Waals surface area contributed by atoms with E-state index in [-0.39, 0.29) is 5.82 Å². The zero-order valence-corrected chi connectivity index (χ0v) is 18.7. The van der Waals surface area contributed by atoms with E-state index < -0.39 is 0 Å². The Morgan fingerprint density at radius 2 is 1.88 bits per heavy atom. The Kier molecular flexibility index (Phi) is 5.68. The molecule has 2 aromatic carbocycles. The van der Waals surface area contributed by atoms with Gasteiger partial charge in [0.25, 0.3) is 0 Å². The predicted octanol–water partition coefficient (Wildman–Crippen LogP) is 6.53. The van der Waals surface area contributed by atoms with Crippen molar-refractivity contribution in [3.63, 3.8) is 0 Å². The highest BCUT2D eigenvalue weighted by Gasteiger charge is 2.18. The molecule has 0 N–H and O–H groups in total. The Hall–Kier alpha value is -3.16. The van der Waals surface area contributed by atoms with E-state index in [1.165, 1.54) is 17.8 Å². The van der Waals surface area contributed by atoms with Gasteiger partial charge in [0, 0.05) is 11.9 Å². The Labute approximate surface area is 193 Å². The van der Waals surface area contributed by atoms with Gasteiger partial charge in [-0.05, 0) is 36.8 Å². The Balaban J connectivity index is 1.50. The molecule has 160 valence electrons. The lowest BCUT2D eigenvalue weighted by Crippen LogP contribution is -2.04. The molecule has 0 aliphatic heterocycles. The third kappa shape index (κ3) is 4.01. The van der Waals surface area contributed by atoms with Crippen LogP contribution in [-0.2, 0) is 12.3 Å². The Bertz CT molecular complexity index is 1410. The molecule has 3 aromatic heterocycles. The van der Waals surface area contributed by atoms with Gasteiger partial charge >= 0.3 is 0 Å². The summed E-state index contributed by atoms with van der Waals surface area (Å²) in [5, 5.41) is 1.34. The molecule has 5 aromatic rings. The average molecular weight is 465 g/mol. The topological polar surface area (TPSA) is 56.7 Å². The fraction of sp³-hybridized carbons (Fsp3) is 0.125. The number of nitrogens with zero attached hydrogens (tertiary/aromatic N) is 4. The first kappa shape index (κ1) is 20.7. The third-order valence-corrected chi connectivity index (χ3v) is 6.49. The molecule has 0 saturated carbocycles. The van der Waals surface area contributed by atoms with Crippen LogP contribution in [0, 0.1) is 12.7 Å². The van der Waals surface area contributed by atoms with Crippen LogP contribution in [0.5, 0.6) is 0 Å². The SMILES string of the molecule is Cc1oc(-c2ccccc2Cl)nc1Cn1c(SCc2ccccc2F)nc2ccncc21. The molecule has 0 fully saturated rings. The first-order valence-electron chi connectivity index (χ1n) is 9.98. The highest BCUT2D eigenvalue weighted by Crippen LogP contribution is 2.31. The highest BCUT2D eigenvalue weighted by molar-refractivity contribution is 7.98. The molecule has 3 heterocycles. The second kappa shape index (κ2) is 8.76. The van der Waals surface area contributed by atoms with E-state index in [2.05, 4.69) is 4.98 Å². The van der Waals surface area contributed by atoms with Gasteiger partial charge in [0.15, 0.2) is 5.16 Å². The van der Waals surface area contributed by atoms with Crippen molar-refractivity contribution >= 4 is 34.4 Å². The molecule has 8 heteroatoms. The highest BCUT2D eigenvalue weighted by atomic mass is 35.5. The Morgan fingerprint density at radius 1 is 1.06 bits per heavy atom. The van der Waals surface area contributed by atoms with Gasteiger partial charge < -0.3 is 8.98 Å². The molecule has 0 spiro atoms. The van der Waals surface area contributed by atoms with Gasteiger partial charge in [0.2, 0.25) is 5.89 Å². The van der Waals surface area contributed by atoms with E-state index in [1.807, 2.05) is 47.9 Å². The molecule has 0 saturated heterocycles. The summed E-state index contributed by atoms with van der Waals surface area (Å²) in [7, 11) is 0. The van der Waals surface area contributed by atoms with Crippen LogP contribution in [0.25, 0.3) is 22.5 Å². The number of hydrogen-bond donors (Lipinski definition) is 0. The van der Waals surface area contributed by atoms with Crippen LogP contribution in [0.15, 0.2) is 76.6 Å². The maximum Gasteiger partial charge on any atom is 0.228 e. The van der Waals surface area contributed by atoms with E-state index in [4.69, 9.17) is 26.0 Å². The quantitative estimate of drug-likeness (QED) is 0.267. The number of hydrogen-bond acceptors (Lipinski definition) is 5. The number of rotatable bonds is 6. The lowest BCUT2D eigenvalue weighted by atomic mass is 10.2. The zero-order valence-electron chi connectivity index (χ0n) is 17.1. The van der Waals surface area contributed by atoms with Crippen molar-refractivity contribution in [3.8, 4) is 11.5 Å². The van der Waals surface area contributed by atoms with E-state index in [9.17, 15) is 4.39 Å². The number of halogens is 2. The summed E-state index contributed by atoms with van der Waals surface area (Å²) >= 11 is 7.80. The number of oxazole rings is 1. The second-order valence-corrected chi connectivity index (χ2v) is 8.58. The van der Waals surface area contributed by atoms with Crippen LogP contribution < -0.4 is 0 Å². The first-order valence-corrected chi connectivity index (χ1v) is 11.3. The third-order valence-electron chi connectivity index (χ3n) is 5.13. The van der Waals surface area contributed by atoms with Crippen LogP contribution in [0.4, 0.5) is 4.39 Å². The van der Waals surface area contributed by atoms with Crippen molar-refractivity contribution in [2.75, 3.05) is 0 Å². The standard InChI is InChI=1S/C24H18ClFN4OS/c1-15-21(28-23(31-15)17-7-3-4-8-18(17)25)13-30-22-12-27-11-10-20(22)29-24(30)32-14-16-6-2-5-9-19(16)26/h2-12H,13-14H2,1H3. The average Bonchev–Trinajstić information content (AvgIpc) is 3.34. The summed E-state index contributed by atoms with van der Waals surface area (Å²) in [6, 6.07) is 16.1. The van der Waals surface area contributed by atoms with E-state index in [0.717, 1.165) is 27.4 Å². The second-order valence-electron chi connectivity index (χ2n) is 7.23. The van der Waals surface area contributed by atoms with Gasteiger partial charge in [-0.3, -0.25) is 4.98 Å². The summed E-state index contributed by atoms with van der Waals surface area (Å²) in [5.74, 6) is 1.43. The molecule has 0 aliphatic rings. The largest absolute Gasteiger partial charge is 0.441 e. The number of thioether (sulfide) groups is 1. The van der Waals surface area contributed by atoms with Crippen molar-refractivity contribution in [3.05, 3.63) is 94.8 Å². The van der Waals surface area contributed by atoms with Gasteiger partial charge in [-0.1, -0.05) is 53.7 Å². The number of aryl methyl sites for hydroxylation is 1. The monoisotopic (exact) mass is 464 g/mol. The smallest absolute Gasteiger partial charge is 0.228 e. The minimum atomic E-state index is -0.221. The molecule has 0 bridgehead atoms. The summed E-state index contributed by atoms with van der Waals surface area (Å²) in [4.78, 5) is 13.7. The van der Waals surface area contributed by atoms with Crippen LogP contribution >= 0.6 is 23.4 Å². The molecule has 0 unspecified atom stereocenters. The predicted molar refractivity (Wildman–Crippen MR) is 124 cm³/mol. The lowest BCUT2D eigenvalue weighted by molar-refractivity contribution is 0.537. The van der Waals surface area contributed by atoms with Crippen LogP contribution in [0.3, 0.4) is 0 Å². The van der Waals surface area contributed by atoms with Crippen molar-refractivity contribution in [2.45, 2.75) is 24.4 Å². The summed E-state index contributed by atoms with van der Waals surface area (Å²) in [6.45, 7) is 2.33. The van der Waals surface area contributed by atoms with Crippen LogP contribution in [0.1, 0.15) is 17.0 Å². The van der Waals surface area contributed by atoms with Gasteiger partial charge in [-0.15, -0.1) is 0 Å². The number of aromatic nitrogens is 4. The number of pyridine rings is 1.